The van der Waals surface area contributed by atoms with Crippen LogP contribution < -0.4 is 5.32 Å². The predicted molar refractivity (Wildman–Crippen MR) is 43.8 cm³/mol. The Kier molecular flexibility index (Phi) is 3.83. The van der Waals surface area contributed by atoms with Crippen LogP contribution in [0, 0.1) is 0 Å². The molecule has 0 saturated heterocycles. The molecule has 0 aliphatic heterocycles. The van der Waals surface area contributed by atoms with Crippen LogP contribution in [0.4, 0.5) is 0 Å². The summed E-state index contributed by atoms with van der Waals surface area (Å²) in [7, 11) is 0. The molecule has 0 rings (SSSR count). The first-order valence-electron chi connectivity index (χ1n) is 2.40. The fraction of sp³-hybridized carbons (Fsp3) is 0.250. The van der Waals surface area contributed by atoms with E-state index < -0.39 is 18.0 Å². The van der Waals surface area contributed by atoms with E-state index >= 15 is 0 Å². The Morgan fingerprint density at radius 2 is 1.73 bits per heavy atom. The van der Waals surface area contributed by atoms with Crippen LogP contribution in [-0.2, 0) is 9.59 Å². The molecule has 0 spiro atoms. The minimum atomic E-state index is -1.72. The van der Waals surface area contributed by atoms with Crippen molar-refractivity contribution in [3.63, 3.8) is 0 Å². The lowest BCUT2D eigenvalue weighted by Gasteiger charge is -2.07. The van der Waals surface area contributed by atoms with Gasteiger partial charge in [-0.1, -0.05) is 12.2 Å². The highest BCUT2D eigenvalue weighted by Gasteiger charge is 2.25. The maximum atomic E-state index is 10.1. The Bertz CT molecular complexity index is 190. The monoisotopic (exact) mass is 195 g/mol. The standard InChI is InChI=1S/C4H5NO4S2/c6-2(7)1(3(8)9)5-4(10)11/h1H,(H,6,7)(H,8,9)(H2,5,10,11). The van der Waals surface area contributed by atoms with Crippen LogP contribution in [-0.4, -0.2) is 32.5 Å². The molecule has 0 saturated carbocycles. The number of carboxylic acids is 2. The van der Waals surface area contributed by atoms with Gasteiger partial charge in [-0.05, 0) is 0 Å². The number of hydrogen-bond acceptors (Lipinski definition) is 3. The van der Waals surface area contributed by atoms with E-state index in [9.17, 15) is 9.59 Å². The molecule has 0 radical (unpaired) electrons. The van der Waals surface area contributed by atoms with Crippen LogP contribution in [0.1, 0.15) is 0 Å². The molecular formula is C4H5NO4S2. The maximum Gasteiger partial charge on any atom is 0.337 e. The van der Waals surface area contributed by atoms with E-state index in [2.05, 4.69) is 24.8 Å². The smallest absolute Gasteiger partial charge is 0.337 e. The fourth-order valence-corrected chi connectivity index (χ4v) is 0.600. The van der Waals surface area contributed by atoms with Gasteiger partial charge in [0.1, 0.15) is 4.32 Å². The molecule has 0 fully saturated rings. The highest BCUT2D eigenvalue weighted by Crippen LogP contribution is 1.87. The van der Waals surface area contributed by atoms with Crippen molar-refractivity contribution in [1.82, 2.24) is 5.32 Å². The predicted octanol–water partition coefficient (Wildman–Crippen LogP) is -0.672. The number of nitrogens with one attached hydrogen (secondary N) is 1. The molecule has 0 aliphatic rings. The molecule has 0 aromatic rings. The van der Waals surface area contributed by atoms with Crippen LogP contribution in [0.3, 0.4) is 0 Å². The number of thiocarbonyl (C=S) groups is 1. The minimum Gasteiger partial charge on any atom is -0.479 e. The van der Waals surface area contributed by atoms with Gasteiger partial charge in [-0.2, -0.15) is 0 Å². The lowest BCUT2D eigenvalue weighted by molar-refractivity contribution is -0.150. The van der Waals surface area contributed by atoms with E-state index in [4.69, 9.17) is 10.2 Å². The highest BCUT2D eigenvalue weighted by atomic mass is 32.1. The summed E-state index contributed by atoms with van der Waals surface area (Å²) in [6, 6.07) is -1.72. The third kappa shape index (κ3) is 3.79. The number of carboxylic acid groups (broad SMARTS) is 2. The molecule has 7 heteroatoms. The van der Waals surface area contributed by atoms with Gasteiger partial charge in [0.2, 0.25) is 6.04 Å². The number of aliphatic carboxylic acids is 2. The van der Waals surface area contributed by atoms with Crippen molar-refractivity contribution in [3.8, 4) is 0 Å². The van der Waals surface area contributed by atoms with Crippen LogP contribution in [0.5, 0.6) is 0 Å². The molecule has 0 bridgehead atoms. The molecule has 0 aromatic heterocycles. The van der Waals surface area contributed by atoms with E-state index in [1.807, 2.05) is 5.32 Å². The van der Waals surface area contributed by atoms with E-state index in [0.29, 0.717) is 0 Å². The Morgan fingerprint density at radius 3 is 1.82 bits per heavy atom. The van der Waals surface area contributed by atoms with Crippen LogP contribution in [0.25, 0.3) is 0 Å². The number of hydrogen-bond donors (Lipinski definition) is 4. The van der Waals surface area contributed by atoms with Crippen molar-refractivity contribution in [3.05, 3.63) is 0 Å². The fourth-order valence-electron chi connectivity index (χ4n) is 0.353. The van der Waals surface area contributed by atoms with Gasteiger partial charge in [0, 0.05) is 0 Å². The zero-order chi connectivity index (χ0) is 9.02. The van der Waals surface area contributed by atoms with Gasteiger partial charge in [-0.25, -0.2) is 9.59 Å². The molecule has 0 unspecified atom stereocenters. The second kappa shape index (κ2) is 4.14. The number of rotatable bonds is 3. The summed E-state index contributed by atoms with van der Waals surface area (Å²) in [6.07, 6.45) is 0. The average Bonchev–Trinajstić information content (AvgIpc) is 1.81. The van der Waals surface area contributed by atoms with Crippen LogP contribution in [0.15, 0.2) is 0 Å². The molecule has 62 valence electrons. The third-order valence-corrected chi connectivity index (χ3v) is 1.01. The topological polar surface area (TPSA) is 86.6 Å². The van der Waals surface area contributed by atoms with Gasteiger partial charge in [-0.3, -0.25) is 0 Å². The summed E-state index contributed by atoms with van der Waals surface area (Å²) >= 11 is 7.86. The van der Waals surface area contributed by atoms with Crippen LogP contribution >= 0.6 is 24.8 Å². The van der Waals surface area contributed by atoms with Gasteiger partial charge in [0.05, 0.1) is 0 Å². The van der Waals surface area contributed by atoms with Gasteiger partial charge in [0.15, 0.2) is 0 Å². The summed E-state index contributed by atoms with van der Waals surface area (Å²) in [4.78, 5) is 20.3. The molecule has 0 aromatic carbocycles. The summed E-state index contributed by atoms with van der Waals surface area (Å²) in [5.74, 6) is -3.01. The highest BCUT2D eigenvalue weighted by molar-refractivity contribution is 8.11. The minimum absolute atomic E-state index is 0.167. The lowest BCUT2D eigenvalue weighted by atomic mass is 10.3. The van der Waals surface area contributed by atoms with Gasteiger partial charge in [0.25, 0.3) is 0 Å². The average molecular weight is 195 g/mol. The van der Waals surface area contributed by atoms with Crippen molar-refractivity contribution in [2.24, 2.45) is 0 Å². The molecule has 0 heterocycles. The SMILES string of the molecule is O=C(O)C(NC(=S)S)C(=O)O. The van der Waals surface area contributed by atoms with Crippen molar-refractivity contribution >= 4 is 41.1 Å². The maximum absolute atomic E-state index is 10.1. The zero-order valence-corrected chi connectivity index (χ0v) is 6.85. The first-order chi connectivity index (χ1) is 4.95. The normalized spacial score (nSPS) is 9.27. The Balaban J connectivity index is 4.23. The Labute approximate surface area is 72.8 Å². The largest absolute Gasteiger partial charge is 0.479 e. The number of carbonyl (C=O) groups is 2. The van der Waals surface area contributed by atoms with E-state index in [1.165, 1.54) is 0 Å². The van der Waals surface area contributed by atoms with E-state index in [1.54, 1.807) is 0 Å². The zero-order valence-electron chi connectivity index (χ0n) is 5.14. The molecule has 5 nitrogen and oxygen atoms in total. The second-order valence-electron chi connectivity index (χ2n) is 1.56. The summed E-state index contributed by atoms with van der Waals surface area (Å²) in [5, 5.41) is 18.5. The molecule has 11 heavy (non-hydrogen) atoms. The lowest BCUT2D eigenvalue weighted by Crippen LogP contribution is -2.44. The Morgan fingerprint density at radius 1 is 1.36 bits per heavy atom. The van der Waals surface area contributed by atoms with E-state index in [-0.39, 0.29) is 4.32 Å². The van der Waals surface area contributed by atoms with Gasteiger partial charge in [-0.15, -0.1) is 12.6 Å². The van der Waals surface area contributed by atoms with Crippen molar-refractivity contribution in [2.75, 3.05) is 0 Å². The van der Waals surface area contributed by atoms with Gasteiger partial charge >= 0.3 is 11.9 Å². The summed E-state index contributed by atoms with van der Waals surface area (Å²) in [6.45, 7) is 0. The first-order valence-corrected chi connectivity index (χ1v) is 3.25. The first kappa shape index (κ1) is 10.2. The molecular weight excluding hydrogens is 190 g/mol. The third-order valence-electron chi connectivity index (χ3n) is 0.762. The van der Waals surface area contributed by atoms with E-state index in [0.717, 1.165) is 0 Å². The molecule has 0 amide bonds. The van der Waals surface area contributed by atoms with Crippen molar-refractivity contribution in [1.29, 1.82) is 0 Å². The summed E-state index contributed by atoms with van der Waals surface area (Å²) < 4.78 is -0.167. The quantitative estimate of drug-likeness (QED) is 0.271. The van der Waals surface area contributed by atoms with Crippen molar-refractivity contribution in [2.45, 2.75) is 6.04 Å². The molecule has 3 N–H and O–H groups in total. The molecule has 0 atom stereocenters. The van der Waals surface area contributed by atoms with Gasteiger partial charge < -0.3 is 15.5 Å². The number of thiol groups is 1. The summed E-state index contributed by atoms with van der Waals surface area (Å²) in [5.41, 5.74) is 0. The Hall–Kier alpha value is -0.820. The van der Waals surface area contributed by atoms with Crippen LogP contribution in [0.2, 0.25) is 0 Å². The van der Waals surface area contributed by atoms with Crippen molar-refractivity contribution < 1.29 is 19.8 Å². The second-order valence-corrected chi connectivity index (χ2v) is 2.72. The molecule has 0 aliphatic carbocycles.